The molecule has 0 amide bonds. The maximum atomic E-state index is 2.28. The second-order valence-corrected chi connectivity index (χ2v) is 7.53. The second kappa shape index (κ2) is 6.25. The summed E-state index contributed by atoms with van der Waals surface area (Å²) in [5.41, 5.74) is 2.94. The van der Waals surface area contributed by atoms with Gasteiger partial charge in [0.25, 0.3) is 0 Å². The van der Waals surface area contributed by atoms with Gasteiger partial charge in [-0.05, 0) is 37.4 Å². The molecule has 1 nitrogen and oxygen atoms in total. The number of hydrogen-bond acceptors (Lipinski definition) is 3. The van der Waals surface area contributed by atoms with Crippen LogP contribution in [0.4, 0.5) is 0 Å². The van der Waals surface area contributed by atoms with Gasteiger partial charge in [0, 0.05) is 22.1 Å². The van der Waals surface area contributed by atoms with Gasteiger partial charge in [0.15, 0.2) is 0 Å². The van der Waals surface area contributed by atoms with E-state index in [1.807, 2.05) is 11.8 Å². The topological polar surface area (TPSA) is 3.24 Å². The summed E-state index contributed by atoms with van der Waals surface area (Å²) in [6.45, 7) is 1.12. The van der Waals surface area contributed by atoms with Crippen molar-refractivity contribution >= 4 is 23.5 Å². The molecule has 0 atom stereocenters. The van der Waals surface area contributed by atoms with E-state index in [9.17, 15) is 0 Å². The lowest BCUT2D eigenvalue weighted by molar-refractivity contribution is 0.437. The van der Waals surface area contributed by atoms with E-state index in [0.717, 1.165) is 12.3 Å². The molecule has 0 aliphatic carbocycles. The first kappa shape index (κ1) is 14.1. The minimum absolute atomic E-state index is 0.476. The molecule has 3 heteroatoms. The first-order chi connectivity index (χ1) is 9.75. The molecule has 20 heavy (non-hydrogen) atoms. The summed E-state index contributed by atoms with van der Waals surface area (Å²) < 4.78 is 0. The first-order valence-electron chi connectivity index (χ1n) is 6.88. The minimum atomic E-state index is 0.476. The van der Waals surface area contributed by atoms with Crippen LogP contribution in [-0.2, 0) is 0 Å². The van der Waals surface area contributed by atoms with Gasteiger partial charge in [-0.25, -0.2) is 0 Å². The number of fused-ring (bicyclic) bond motifs is 2. The molecule has 0 radical (unpaired) electrons. The fraction of sp³-hybridized carbons (Fsp3) is 0.294. The highest BCUT2D eigenvalue weighted by Crippen LogP contribution is 2.49. The van der Waals surface area contributed by atoms with Crippen LogP contribution in [0.2, 0.25) is 0 Å². The van der Waals surface area contributed by atoms with Crippen molar-refractivity contribution in [3.05, 3.63) is 59.7 Å². The van der Waals surface area contributed by atoms with Crippen molar-refractivity contribution in [1.82, 2.24) is 4.90 Å². The molecule has 0 spiro atoms. The van der Waals surface area contributed by atoms with E-state index in [1.165, 1.54) is 20.9 Å². The van der Waals surface area contributed by atoms with Gasteiger partial charge < -0.3 is 4.90 Å². The largest absolute Gasteiger partial charge is 0.309 e. The maximum absolute atomic E-state index is 2.28. The van der Waals surface area contributed by atoms with E-state index in [2.05, 4.69) is 79.3 Å². The molecule has 2 aromatic rings. The molecule has 0 unspecified atom stereocenters. The molecule has 3 rings (SSSR count). The van der Waals surface area contributed by atoms with E-state index in [-0.39, 0.29) is 0 Å². The van der Waals surface area contributed by atoms with Crippen LogP contribution in [0, 0.1) is 0 Å². The van der Waals surface area contributed by atoms with E-state index in [0.29, 0.717) is 5.25 Å². The molecule has 0 N–H and O–H groups in total. The predicted octanol–water partition coefficient (Wildman–Crippen LogP) is 4.54. The van der Waals surface area contributed by atoms with Gasteiger partial charge in [-0.3, -0.25) is 0 Å². The highest BCUT2D eigenvalue weighted by molar-refractivity contribution is 8.01. The summed E-state index contributed by atoms with van der Waals surface area (Å²) in [7, 11) is 4.28. The van der Waals surface area contributed by atoms with Crippen LogP contribution in [0.15, 0.2) is 58.3 Å². The van der Waals surface area contributed by atoms with Crippen LogP contribution in [0.3, 0.4) is 0 Å². The Labute approximate surface area is 129 Å². The molecule has 0 saturated carbocycles. The third-order valence-corrected chi connectivity index (χ3v) is 5.89. The molecular formula is C17H19NS2. The third-order valence-electron chi connectivity index (χ3n) is 3.45. The fourth-order valence-corrected chi connectivity index (χ4v) is 5.16. The summed E-state index contributed by atoms with van der Waals surface area (Å²) in [5, 5.41) is 0.476. The summed E-state index contributed by atoms with van der Waals surface area (Å²) in [4.78, 5) is 5.07. The molecule has 0 aromatic heterocycles. The van der Waals surface area contributed by atoms with E-state index >= 15 is 0 Å². The van der Waals surface area contributed by atoms with Gasteiger partial charge in [-0.15, -0.1) is 11.8 Å². The zero-order valence-corrected chi connectivity index (χ0v) is 13.5. The number of nitrogens with zero attached hydrogens (tertiary/aromatic N) is 1. The Morgan fingerprint density at radius 3 is 2.05 bits per heavy atom. The lowest BCUT2D eigenvalue weighted by Gasteiger charge is -2.27. The number of benzene rings is 2. The summed E-state index contributed by atoms with van der Waals surface area (Å²) in [6, 6.07) is 17.7. The summed E-state index contributed by atoms with van der Waals surface area (Å²) in [5.74, 6) is 1.16. The van der Waals surface area contributed by atoms with E-state index < -0.39 is 0 Å². The van der Waals surface area contributed by atoms with Crippen molar-refractivity contribution in [3.63, 3.8) is 0 Å². The SMILES string of the molecule is CN(C)CCSC1c2ccccc2Sc2ccccc21. The highest BCUT2D eigenvalue weighted by atomic mass is 32.2. The molecule has 1 aliphatic heterocycles. The lowest BCUT2D eigenvalue weighted by atomic mass is 10.0. The third kappa shape index (κ3) is 2.90. The molecule has 1 heterocycles. The Morgan fingerprint density at radius 2 is 1.50 bits per heavy atom. The Balaban J connectivity index is 1.91. The van der Waals surface area contributed by atoms with Crippen molar-refractivity contribution in [3.8, 4) is 0 Å². The van der Waals surface area contributed by atoms with Gasteiger partial charge in [-0.1, -0.05) is 48.2 Å². The Morgan fingerprint density at radius 1 is 0.950 bits per heavy atom. The average Bonchev–Trinajstić information content (AvgIpc) is 2.46. The van der Waals surface area contributed by atoms with Crippen LogP contribution in [-0.4, -0.2) is 31.3 Å². The standard InChI is InChI=1S/C17H19NS2/c1-18(2)11-12-19-17-13-7-3-5-9-15(13)20-16-10-6-4-8-14(16)17/h3-10,17H,11-12H2,1-2H3. The number of thioether (sulfide) groups is 1. The maximum Gasteiger partial charge on any atom is 0.0569 e. The van der Waals surface area contributed by atoms with Gasteiger partial charge in [-0.2, -0.15) is 0 Å². The van der Waals surface area contributed by atoms with E-state index in [1.54, 1.807) is 0 Å². The lowest BCUT2D eigenvalue weighted by Crippen LogP contribution is -2.16. The zero-order chi connectivity index (χ0) is 13.9. The van der Waals surface area contributed by atoms with Crippen LogP contribution in [0.1, 0.15) is 16.4 Å². The predicted molar refractivity (Wildman–Crippen MR) is 89.9 cm³/mol. The van der Waals surface area contributed by atoms with Crippen molar-refractivity contribution in [2.75, 3.05) is 26.4 Å². The summed E-state index contributed by atoms with van der Waals surface area (Å²) >= 11 is 3.96. The van der Waals surface area contributed by atoms with Gasteiger partial charge in [0.2, 0.25) is 0 Å². The average molecular weight is 301 g/mol. The van der Waals surface area contributed by atoms with Crippen molar-refractivity contribution < 1.29 is 0 Å². The number of rotatable bonds is 4. The van der Waals surface area contributed by atoms with Crippen LogP contribution in [0.5, 0.6) is 0 Å². The van der Waals surface area contributed by atoms with Crippen LogP contribution >= 0.6 is 23.5 Å². The van der Waals surface area contributed by atoms with Crippen LogP contribution < -0.4 is 0 Å². The molecule has 1 aliphatic rings. The number of hydrogen-bond donors (Lipinski definition) is 0. The molecule has 0 saturated heterocycles. The van der Waals surface area contributed by atoms with Gasteiger partial charge in [0.05, 0.1) is 5.25 Å². The molecule has 2 aromatic carbocycles. The monoisotopic (exact) mass is 301 g/mol. The minimum Gasteiger partial charge on any atom is -0.309 e. The molecule has 0 bridgehead atoms. The zero-order valence-electron chi connectivity index (χ0n) is 11.9. The Bertz CT molecular complexity index is 550. The van der Waals surface area contributed by atoms with E-state index in [4.69, 9.17) is 0 Å². The molecule has 0 fully saturated rings. The normalized spacial score (nSPS) is 14.2. The fourth-order valence-electron chi connectivity index (χ4n) is 2.40. The quantitative estimate of drug-likeness (QED) is 0.816. The Hall–Kier alpha value is -0.900. The Kier molecular flexibility index (Phi) is 4.39. The summed E-state index contributed by atoms with van der Waals surface area (Å²) in [6.07, 6.45) is 0. The van der Waals surface area contributed by atoms with Gasteiger partial charge >= 0.3 is 0 Å². The van der Waals surface area contributed by atoms with Crippen molar-refractivity contribution in [2.45, 2.75) is 15.0 Å². The smallest absolute Gasteiger partial charge is 0.0569 e. The molecular weight excluding hydrogens is 282 g/mol. The van der Waals surface area contributed by atoms with Crippen LogP contribution in [0.25, 0.3) is 0 Å². The molecule has 104 valence electrons. The second-order valence-electron chi connectivity index (χ2n) is 5.23. The first-order valence-corrected chi connectivity index (χ1v) is 8.74. The van der Waals surface area contributed by atoms with Crippen molar-refractivity contribution in [2.24, 2.45) is 0 Å². The van der Waals surface area contributed by atoms with Crippen molar-refractivity contribution in [1.29, 1.82) is 0 Å². The van der Waals surface area contributed by atoms with Gasteiger partial charge in [0.1, 0.15) is 0 Å². The highest BCUT2D eigenvalue weighted by Gasteiger charge is 2.25.